The van der Waals surface area contributed by atoms with E-state index >= 15 is 0 Å². The van der Waals surface area contributed by atoms with E-state index in [2.05, 4.69) is 44.8 Å². The fourth-order valence-electron chi connectivity index (χ4n) is 2.43. The van der Waals surface area contributed by atoms with Gasteiger partial charge in [-0.2, -0.15) is 0 Å². The van der Waals surface area contributed by atoms with Crippen molar-refractivity contribution in [2.75, 3.05) is 0 Å². The van der Waals surface area contributed by atoms with E-state index in [0.717, 1.165) is 22.1 Å². The minimum atomic E-state index is -0.363. The summed E-state index contributed by atoms with van der Waals surface area (Å²) in [6.07, 6.45) is 0. The van der Waals surface area contributed by atoms with Gasteiger partial charge in [-0.05, 0) is 46.1 Å². The van der Waals surface area contributed by atoms with Crippen LogP contribution in [0.2, 0.25) is 0 Å². The molecular weight excluding hydrogens is 249 g/mol. The molecule has 2 heterocycles. The third kappa shape index (κ3) is 2.04. The largest absolute Gasteiger partial charge is 0.497 e. The molecule has 1 aliphatic rings. The third-order valence-electron chi connectivity index (χ3n) is 4.40. The van der Waals surface area contributed by atoms with Crippen LogP contribution < -0.4 is 5.46 Å². The summed E-state index contributed by atoms with van der Waals surface area (Å²) in [5.41, 5.74) is 2.31. The highest BCUT2D eigenvalue weighted by atomic mass is 16.7. The number of rotatable bonds is 1. The summed E-state index contributed by atoms with van der Waals surface area (Å²) in [5.74, 6) is 0. The number of hydrogen-bond donors (Lipinski definition) is 0. The third-order valence-corrected chi connectivity index (χ3v) is 4.40. The molecule has 4 heteroatoms. The molecule has 2 aromatic rings. The number of aryl methyl sites for hydroxylation is 1. The maximum absolute atomic E-state index is 6.14. The molecule has 1 saturated heterocycles. The topological polar surface area (TPSA) is 31.4 Å². The number of pyridine rings is 1. The van der Waals surface area contributed by atoms with Crippen molar-refractivity contribution >= 4 is 23.5 Å². The molecule has 0 spiro atoms. The molecule has 0 unspecified atom stereocenters. The van der Waals surface area contributed by atoms with Gasteiger partial charge in [-0.3, -0.25) is 4.98 Å². The van der Waals surface area contributed by atoms with Gasteiger partial charge in [-0.15, -0.1) is 0 Å². The van der Waals surface area contributed by atoms with Gasteiger partial charge in [-0.25, -0.2) is 0 Å². The Kier molecular flexibility index (Phi) is 2.92. The van der Waals surface area contributed by atoms with E-state index in [1.54, 1.807) is 0 Å². The van der Waals surface area contributed by atoms with Crippen LogP contribution in [0.25, 0.3) is 10.9 Å². The molecule has 3 nitrogen and oxygen atoms in total. The normalized spacial score (nSPS) is 20.6. The summed E-state index contributed by atoms with van der Waals surface area (Å²) in [4.78, 5) is 4.66. The smallest absolute Gasteiger partial charge is 0.399 e. The Morgan fingerprint density at radius 3 is 2.25 bits per heavy atom. The lowest BCUT2D eigenvalue weighted by Crippen LogP contribution is -2.41. The van der Waals surface area contributed by atoms with Gasteiger partial charge in [0.2, 0.25) is 0 Å². The molecule has 3 rings (SSSR count). The summed E-state index contributed by atoms with van der Waals surface area (Å²) in [6.45, 7) is 10.3. The van der Waals surface area contributed by atoms with Crippen LogP contribution >= 0.6 is 0 Å². The van der Waals surface area contributed by atoms with Crippen LogP contribution in [-0.2, 0) is 9.31 Å². The van der Waals surface area contributed by atoms with Crippen molar-refractivity contribution in [2.24, 2.45) is 0 Å². The van der Waals surface area contributed by atoms with E-state index in [4.69, 9.17) is 9.31 Å². The fourth-order valence-corrected chi connectivity index (χ4v) is 2.43. The monoisotopic (exact) mass is 269 g/mol. The van der Waals surface area contributed by atoms with Crippen LogP contribution in [0.15, 0.2) is 30.3 Å². The number of hydrogen-bond acceptors (Lipinski definition) is 3. The lowest BCUT2D eigenvalue weighted by atomic mass is 9.77. The lowest BCUT2D eigenvalue weighted by molar-refractivity contribution is 0.00578. The predicted octanol–water partition coefficient (Wildman–Crippen LogP) is 2.84. The average Bonchev–Trinajstić information content (AvgIpc) is 2.57. The van der Waals surface area contributed by atoms with Crippen molar-refractivity contribution in [3.8, 4) is 0 Å². The van der Waals surface area contributed by atoms with Gasteiger partial charge in [0, 0.05) is 11.2 Å². The summed E-state index contributed by atoms with van der Waals surface area (Å²) in [6, 6.07) is 10.2. The Balaban J connectivity index is 2.10. The van der Waals surface area contributed by atoms with Crippen molar-refractivity contribution in [3.05, 3.63) is 36.0 Å². The molecular formula is C16H20BNO2. The highest BCUT2D eigenvalue weighted by Crippen LogP contribution is 2.36. The molecule has 0 radical (unpaired) electrons. The van der Waals surface area contributed by atoms with Gasteiger partial charge in [-0.1, -0.05) is 24.3 Å². The highest BCUT2D eigenvalue weighted by molar-refractivity contribution is 6.64. The average molecular weight is 269 g/mol. The first kappa shape index (κ1) is 13.6. The van der Waals surface area contributed by atoms with Gasteiger partial charge in [0.15, 0.2) is 0 Å². The van der Waals surface area contributed by atoms with E-state index in [-0.39, 0.29) is 18.3 Å². The van der Waals surface area contributed by atoms with Crippen LogP contribution in [0.3, 0.4) is 0 Å². The van der Waals surface area contributed by atoms with E-state index < -0.39 is 0 Å². The maximum atomic E-state index is 6.14. The second kappa shape index (κ2) is 4.30. The summed E-state index contributed by atoms with van der Waals surface area (Å²) < 4.78 is 12.3. The molecule has 0 N–H and O–H groups in total. The molecule has 0 bridgehead atoms. The number of para-hydroxylation sites is 1. The minimum Gasteiger partial charge on any atom is -0.399 e. The van der Waals surface area contributed by atoms with Gasteiger partial charge >= 0.3 is 7.12 Å². The number of aromatic nitrogens is 1. The zero-order valence-electron chi connectivity index (χ0n) is 12.7. The Morgan fingerprint density at radius 1 is 0.950 bits per heavy atom. The summed E-state index contributed by atoms with van der Waals surface area (Å²) in [5, 5.41) is 1.11. The molecule has 1 aromatic heterocycles. The second-order valence-corrected chi connectivity index (χ2v) is 6.46. The molecule has 0 aliphatic carbocycles. The van der Waals surface area contributed by atoms with Crippen molar-refractivity contribution in [3.63, 3.8) is 0 Å². The molecule has 0 saturated carbocycles. The van der Waals surface area contributed by atoms with Gasteiger partial charge in [0.25, 0.3) is 0 Å². The summed E-state index contributed by atoms with van der Waals surface area (Å²) >= 11 is 0. The van der Waals surface area contributed by atoms with E-state index in [1.807, 2.05) is 25.1 Å². The van der Waals surface area contributed by atoms with Gasteiger partial charge < -0.3 is 9.31 Å². The van der Waals surface area contributed by atoms with Crippen LogP contribution in [0, 0.1) is 6.92 Å². The number of nitrogens with zero attached hydrogens (tertiary/aromatic N) is 1. The number of benzene rings is 1. The van der Waals surface area contributed by atoms with E-state index in [9.17, 15) is 0 Å². The van der Waals surface area contributed by atoms with Gasteiger partial charge in [0.05, 0.1) is 16.7 Å². The van der Waals surface area contributed by atoms with Crippen molar-refractivity contribution in [2.45, 2.75) is 45.8 Å². The predicted molar refractivity (Wildman–Crippen MR) is 82.2 cm³/mol. The van der Waals surface area contributed by atoms with Crippen LogP contribution in [0.5, 0.6) is 0 Å². The minimum absolute atomic E-state index is 0.330. The fraction of sp³-hybridized carbons (Fsp3) is 0.438. The number of fused-ring (bicyclic) bond motifs is 1. The van der Waals surface area contributed by atoms with Crippen molar-refractivity contribution in [1.82, 2.24) is 4.98 Å². The van der Waals surface area contributed by atoms with Gasteiger partial charge in [0.1, 0.15) is 0 Å². The lowest BCUT2D eigenvalue weighted by Gasteiger charge is -2.32. The van der Waals surface area contributed by atoms with Crippen LogP contribution in [0.1, 0.15) is 33.4 Å². The molecule has 1 fully saturated rings. The zero-order chi connectivity index (χ0) is 14.5. The Hall–Kier alpha value is -1.39. The Bertz CT molecular complexity index is 651. The molecule has 20 heavy (non-hydrogen) atoms. The molecule has 1 aromatic carbocycles. The summed E-state index contributed by atoms with van der Waals surface area (Å²) in [7, 11) is -0.363. The second-order valence-electron chi connectivity index (χ2n) is 6.46. The SMILES string of the molecule is Cc1ccc2cccc(B3OC(C)(C)C(C)(C)O3)c2n1. The Labute approximate surface area is 120 Å². The standard InChI is InChI=1S/C16H20BNO2/c1-11-9-10-12-7-6-8-13(14(12)18-11)17-19-15(2,3)16(4,5)20-17/h6-10H,1-5H3. The first-order valence-electron chi connectivity index (χ1n) is 7.02. The van der Waals surface area contributed by atoms with Crippen molar-refractivity contribution in [1.29, 1.82) is 0 Å². The molecule has 0 atom stereocenters. The molecule has 104 valence electrons. The quantitative estimate of drug-likeness (QED) is 0.746. The first-order chi connectivity index (χ1) is 9.30. The first-order valence-corrected chi connectivity index (χ1v) is 7.02. The van der Waals surface area contributed by atoms with E-state index in [1.165, 1.54) is 0 Å². The highest BCUT2D eigenvalue weighted by Gasteiger charge is 2.52. The van der Waals surface area contributed by atoms with Crippen LogP contribution in [-0.4, -0.2) is 23.3 Å². The molecule has 1 aliphatic heterocycles. The maximum Gasteiger partial charge on any atom is 0.497 e. The Morgan fingerprint density at radius 2 is 1.60 bits per heavy atom. The van der Waals surface area contributed by atoms with Crippen molar-refractivity contribution < 1.29 is 9.31 Å². The van der Waals surface area contributed by atoms with E-state index in [0.29, 0.717) is 0 Å². The molecule has 0 amide bonds. The zero-order valence-corrected chi connectivity index (χ0v) is 12.7. The van der Waals surface area contributed by atoms with Crippen LogP contribution in [0.4, 0.5) is 0 Å².